The van der Waals surface area contributed by atoms with Crippen LogP contribution >= 0.6 is 22.9 Å². The van der Waals surface area contributed by atoms with E-state index < -0.39 is 10.4 Å². The maximum atomic E-state index is 11.4. The second-order valence-corrected chi connectivity index (χ2v) is 6.36. The van der Waals surface area contributed by atoms with Gasteiger partial charge in [-0.1, -0.05) is 19.9 Å². The molecule has 0 spiro atoms. The van der Waals surface area contributed by atoms with Crippen molar-refractivity contribution in [2.24, 2.45) is 0 Å². The summed E-state index contributed by atoms with van der Waals surface area (Å²) in [7, 11) is 0. The third kappa shape index (κ3) is 4.09. The third-order valence-corrected chi connectivity index (χ3v) is 4.61. The molecule has 23 heavy (non-hydrogen) atoms. The van der Waals surface area contributed by atoms with Crippen molar-refractivity contribution in [3.05, 3.63) is 50.9 Å². The normalized spacial score (nSPS) is 12.0. The minimum atomic E-state index is -0.914. The Morgan fingerprint density at radius 3 is 2.74 bits per heavy atom. The Balaban J connectivity index is 2.52. The molecule has 0 N–H and O–H groups in total. The molecule has 0 bridgehead atoms. The molecule has 5 nitrogen and oxygen atoms in total. The first kappa shape index (κ1) is 17.4. The molecule has 122 valence electrons. The van der Waals surface area contributed by atoms with Gasteiger partial charge in [-0.25, -0.2) is 4.79 Å². The van der Waals surface area contributed by atoms with Crippen molar-refractivity contribution < 1.29 is 14.5 Å². The first-order chi connectivity index (χ1) is 10.9. The predicted octanol–water partition coefficient (Wildman–Crippen LogP) is 5.36. The van der Waals surface area contributed by atoms with Crippen molar-refractivity contribution in [1.29, 1.82) is 0 Å². The van der Waals surface area contributed by atoms with E-state index in [1.165, 1.54) is 0 Å². The fourth-order valence-electron chi connectivity index (χ4n) is 2.44. The largest absolute Gasteiger partial charge is 0.453 e. The van der Waals surface area contributed by atoms with Crippen molar-refractivity contribution in [3.63, 3.8) is 0 Å². The predicted molar refractivity (Wildman–Crippen MR) is 91.4 cm³/mol. The molecule has 0 aliphatic rings. The van der Waals surface area contributed by atoms with Gasteiger partial charge >= 0.3 is 5.43 Å². The summed E-state index contributed by atoms with van der Waals surface area (Å²) >= 11 is 6.76. The lowest BCUT2D eigenvalue weighted by molar-refractivity contribution is -0.385. The first-order valence-corrected chi connectivity index (χ1v) is 8.37. The molecule has 2 aromatic rings. The van der Waals surface area contributed by atoms with Gasteiger partial charge in [-0.05, 0) is 35.1 Å². The van der Waals surface area contributed by atoms with E-state index in [0.717, 1.165) is 16.0 Å². The van der Waals surface area contributed by atoms with Gasteiger partial charge in [-0.3, -0.25) is 10.1 Å². The van der Waals surface area contributed by atoms with Crippen LogP contribution in [0.3, 0.4) is 0 Å². The highest BCUT2D eigenvalue weighted by atomic mass is 35.5. The fraction of sp³-hybridized carbons (Fsp3) is 0.312. The minimum absolute atomic E-state index is 0.00146. The van der Waals surface area contributed by atoms with Crippen molar-refractivity contribution in [2.75, 3.05) is 6.61 Å². The van der Waals surface area contributed by atoms with Crippen LogP contribution in [0.2, 0.25) is 0 Å². The molecule has 2 rings (SSSR count). The summed E-state index contributed by atoms with van der Waals surface area (Å²) in [6.45, 7) is 3.74. The second kappa shape index (κ2) is 7.57. The number of aryl methyl sites for hydroxylation is 1. The summed E-state index contributed by atoms with van der Waals surface area (Å²) < 4.78 is 4.79. The number of carbonyl (C=O) groups excluding carboxylic acids is 1. The summed E-state index contributed by atoms with van der Waals surface area (Å²) in [5, 5.41) is 13.4. The Kier molecular flexibility index (Phi) is 5.74. The molecule has 0 radical (unpaired) electrons. The number of nitrogens with zero attached hydrogens (tertiary/aromatic N) is 1. The number of nitro groups is 1. The van der Waals surface area contributed by atoms with Gasteiger partial charge < -0.3 is 4.74 Å². The van der Waals surface area contributed by atoms with Gasteiger partial charge in [0.1, 0.15) is 0 Å². The van der Waals surface area contributed by atoms with Crippen LogP contribution in [0.15, 0.2) is 29.6 Å². The molecule has 0 fully saturated rings. The quantitative estimate of drug-likeness (QED) is 0.398. The van der Waals surface area contributed by atoms with E-state index in [2.05, 4.69) is 0 Å². The van der Waals surface area contributed by atoms with Gasteiger partial charge in [0.05, 0.1) is 11.5 Å². The maximum absolute atomic E-state index is 11.4. The molecule has 0 saturated carbocycles. The SMILES string of the molecule is CCc1cc([N+](=O)[O-])c(C(C)COC(=O)Cl)cc1-c1cccs1. The van der Waals surface area contributed by atoms with Crippen LogP contribution in [-0.4, -0.2) is 17.0 Å². The molecular formula is C16H16ClNO4S. The number of rotatable bonds is 6. The molecule has 1 aromatic heterocycles. The van der Waals surface area contributed by atoms with E-state index in [0.29, 0.717) is 12.0 Å². The molecule has 0 saturated heterocycles. The Bertz CT molecular complexity index is 715. The maximum Gasteiger partial charge on any atom is 0.403 e. The smallest absolute Gasteiger partial charge is 0.403 e. The molecule has 7 heteroatoms. The van der Waals surface area contributed by atoms with E-state index in [1.54, 1.807) is 24.3 Å². The Labute approximate surface area is 143 Å². The number of halogens is 1. The number of benzene rings is 1. The van der Waals surface area contributed by atoms with E-state index in [9.17, 15) is 14.9 Å². The average Bonchev–Trinajstić information content (AvgIpc) is 3.05. The van der Waals surface area contributed by atoms with Crippen LogP contribution in [0.25, 0.3) is 10.4 Å². The number of carbonyl (C=O) groups is 1. The van der Waals surface area contributed by atoms with Crippen LogP contribution < -0.4 is 0 Å². The highest BCUT2D eigenvalue weighted by Gasteiger charge is 2.23. The molecule has 0 amide bonds. The molecule has 0 aliphatic heterocycles. The lowest BCUT2D eigenvalue weighted by Crippen LogP contribution is -2.09. The molecule has 1 aromatic carbocycles. The highest BCUT2D eigenvalue weighted by molar-refractivity contribution is 7.13. The van der Waals surface area contributed by atoms with Gasteiger partial charge in [0.2, 0.25) is 0 Å². The van der Waals surface area contributed by atoms with Crippen LogP contribution in [-0.2, 0) is 11.2 Å². The number of ether oxygens (including phenoxy) is 1. The van der Waals surface area contributed by atoms with Gasteiger partial charge in [0.15, 0.2) is 0 Å². The fourth-order valence-corrected chi connectivity index (χ4v) is 3.28. The van der Waals surface area contributed by atoms with Gasteiger partial charge in [0.25, 0.3) is 5.69 Å². The summed E-state index contributed by atoms with van der Waals surface area (Å²) in [6.07, 6.45) is 0.694. The first-order valence-electron chi connectivity index (χ1n) is 7.11. The average molecular weight is 354 g/mol. The lowest BCUT2D eigenvalue weighted by Gasteiger charge is -2.15. The molecular weight excluding hydrogens is 338 g/mol. The standard InChI is InChI=1S/C16H16ClNO4S/c1-3-11-7-14(18(20)21)12(10(2)9-22-16(17)19)8-13(11)15-5-4-6-23-15/h4-8,10H,3,9H2,1-2H3. The highest BCUT2D eigenvalue weighted by Crippen LogP contribution is 2.36. The van der Waals surface area contributed by atoms with Crippen molar-refractivity contribution >= 4 is 34.1 Å². The molecule has 1 atom stereocenters. The van der Waals surface area contributed by atoms with Crippen molar-refractivity contribution in [1.82, 2.24) is 0 Å². The van der Waals surface area contributed by atoms with Gasteiger partial charge in [-0.15, -0.1) is 11.3 Å². The zero-order valence-corrected chi connectivity index (χ0v) is 14.3. The summed E-state index contributed by atoms with van der Waals surface area (Å²) in [5.74, 6) is -0.331. The van der Waals surface area contributed by atoms with Gasteiger partial charge in [-0.2, -0.15) is 0 Å². The summed E-state index contributed by atoms with van der Waals surface area (Å²) in [6, 6.07) is 7.37. The Morgan fingerprint density at radius 2 is 2.22 bits per heavy atom. The van der Waals surface area contributed by atoms with Crippen LogP contribution in [0.5, 0.6) is 0 Å². The Hall–Kier alpha value is -1.92. The number of hydrogen-bond acceptors (Lipinski definition) is 5. The summed E-state index contributed by atoms with van der Waals surface area (Å²) in [4.78, 5) is 22.8. The van der Waals surface area contributed by atoms with E-state index in [1.807, 2.05) is 30.5 Å². The zero-order chi connectivity index (χ0) is 17.0. The lowest BCUT2D eigenvalue weighted by atomic mass is 9.93. The number of nitro benzene ring substituents is 1. The van der Waals surface area contributed by atoms with Crippen molar-refractivity contribution in [2.45, 2.75) is 26.2 Å². The van der Waals surface area contributed by atoms with Crippen molar-refractivity contribution in [3.8, 4) is 10.4 Å². The van der Waals surface area contributed by atoms with E-state index in [4.69, 9.17) is 16.3 Å². The van der Waals surface area contributed by atoms with E-state index in [-0.39, 0.29) is 18.2 Å². The molecule has 1 heterocycles. The van der Waals surface area contributed by atoms with Crippen LogP contribution in [0.4, 0.5) is 10.5 Å². The number of hydrogen-bond donors (Lipinski definition) is 0. The molecule has 0 aliphatic carbocycles. The minimum Gasteiger partial charge on any atom is -0.453 e. The van der Waals surface area contributed by atoms with Crippen LogP contribution in [0.1, 0.15) is 30.9 Å². The topological polar surface area (TPSA) is 69.4 Å². The zero-order valence-electron chi connectivity index (χ0n) is 12.7. The third-order valence-electron chi connectivity index (χ3n) is 3.59. The van der Waals surface area contributed by atoms with Crippen LogP contribution in [0, 0.1) is 10.1 Å². The summed E-state index contributed by atoms with van der Waals surface area (Å²) in [5.41, 5.74) is 1.56. The second-order valence-electron chi connectivity index (χ2n) is 5.11. The monoisotopic (exact) mass is 353 g/mol. The van der Waals surface area contributed by atoms with E-state index >= 15 is 0 Å². The molecule has 1 unspecified atom stereocenters. The number of thiophene rings is 1. The Morgan fingerprint density at radius 1 is 1.48 bits per heavy atom. The van der Waals surface area contributed by atoms with Gasteiger partial charge in [0, 0.05) is 34.0 Å².